The number of hydrogen-bond acceptors (Lipinski definition) is 6. The molecule has 0 fully saturated rings. The van der Waals surface area contributed by atoms with Crippen molar-refractivity contribution in [3.63, 3.8) is 0 Å². The van der Waals surface area contributed by atoms with E-state index in [4.69, 9.17) is 4.74 Å². The molecule has 1 aliphatic heterocycles. The number of anilines is 1. The first kappa shape index (κ1) is 26.8. The predicted molar refractivity (Wildman–Crippen MR) is 127 cm³/mol. The Hall–Kier alpha value is -2.42. The van der Waals surface area contributed by atoms with Crippen LogP contribution in [0.5, 0.6) is 5.75 Å². The van der Waals surface area contributed by atoms with Crippen molar-refractivity contribution < 1.29 is 29.6 Å². The Morgan fingerprint density at radius 2 is 1.85 bits per heavy atom. The van der Waals surface area contributed by atoms with Gasteiger partial charge in [-0.2, -0.15) is 0 Å². The molecule has 33 heavy (non-hydrogen) atoms. The average Bonchev–Trinajstić information content (AvgIpc) is 2.88. The van der Waals surface area contributed by atoms with Crippen molar-refractivity contribution in [1.29, 1.82) is 0 Å². The van der Waals surface area contributed by atoms with Crippen LogP contribution in [0.3, 0.4) is 0 Å². The fraction of sp³-hybridized carbons (Fsp3) is 0.600. The van der Waals surface area contributed by atoms with Crippen LogP contribution in [0, 0.1) is 11.3 Å². The second-order valence-corrected chi connectivity index (χ2v) is 9.85. The van der Waals surface area contributed by atoms with Gasteiger partial charge in [0.05, 0.1) is 17.7 Å². The molecule has 2 rings (SSSR count). The van der Waals surface area contributed by atoms with Gasteiger partial charge >= 0.3 is 0 Å². The molecule has 0 saturated heterocycles. The van der Waals surface area contributed by atoms with E-state index < -0.39 is 36.2 Å². The zero-order valence-corrected chi connectivity index (χ0v) is 20.4. The number of nitrogens with one attached hydrogen (secondary N) is 1. The van der Waals surface area contributed by atoms with Crippen LogP contribution in [0.4, 0.5) is 5.69 Å². The Morgan fingerprint density at radius 1 is 1.21 bits per heavy atom. The largest absolute Gasteiger partial charge is 0.489 e. The van der Waals surface area contributed by atoms with E-state index in [1.165, 1.54) is 6.08 Å². The Kier molecular flexibility index (Phi) is 9.05. The Bertz CT molecular complexity index is 848. The van der Waals surface area contributed by atoms with Crippen LogP contribution in [-0.2, 0) is 9.59 Å². The highest BCUT2D eigenvalue weighted by Gasteiger charge is 2.38. The van der Waals surface area contributed by atoms with E-state index in [2.05, 4.69) is 5.32 Å². The number of benzene rings is 1. The molecular weight excluding hydrogens is 424 g/mol. The molecule has 0 radical (unpaired) electrons. The minimum absolute atomic E-state index is 0.0587. The molecule has 1 heterocycles. The van der Waals surface area contributed by atoms with Gasteiger partial charge in [0.2, 0.25) is 5.91 Å². The molecule has 5 atom stereocenters. The van der Waals surface area contributed by atoms with E-state index in [-0.39, 0.29) is 30.4 Å². The van der Waals surface area contributed by atoms with Crippen molar-refractivity contribution in [3.05, 3.63) is 36.4 Å². The zero-order chi connectivity index (χ0) is 24.9. The third kappa shape index (κ3) is 6.79. The van der Waals surface area contributed by atoms with Gasteiger partial charge in [-0.3, -0.25) is 9.59 Å². The van der Waals surface area contributed by atoms with E-state index in [1.54, 1.807) is 30.0 Å². The van der Waals surface area contributed by atoms with Crippen molar-refractivity contribution in [2.45, 2.75) is 78.4 Å². The lowest BCUT2D eigenvalue weighted by Gasteiger charge is -2.30. The number of rotatable bonds is 8. The summed E-state index contributed by atoms with van der Waals surface area (Å²) in [7, 11) is 0. The minimum Gasteiger partial charge on any atom is -0.489 e. The summed E-state index contributed by atoms with van der Waals surface area (Å²) < 4.78 is 5.80. The number of allylic oxidation sites excluding steroid dienone is 1. The molecule has 0 aliphatic carbocycles. The predicted octanol–water partition coefficient (Wildman–Crippen LogP) is 2.02. The summed E-state index contributed by atoms with van der Waals surface area (Å²) in [6.07, 6.45) is -1.07. The van der Waals surface area contributed by atoms with Crippen LogP contribution in [0.15, 0.2) is 36.4 Å². The maximum absolute atomic E-state index is 13.3. The molecule has 1 aromatic carbocycles. The summed E-state index contributed by atoms with van der Waals surface area (Å²) in [5.74, 6) is -1.38. The second-order valence-electron chi connectivity index (χ2n) is 9.85. The number of amides is 2. The highest BCUT2D eigenvalue weighted by Crippen LogP contribution is 2.32. The third-order valence-electron chi connectivity index (χ3n) is 5.58. The number of nitrogens with zero attached hydrogens (tertiary/aromatic N) is 1. The maximum atomic E-state index is 13.3. The van der Waals surface area contributed by atoms with Crippen LogP contribution < -0.4 is 15.0 Å². The van der Waals surface area contributed by atoms with Crippen LogP contribution in [0.2, 0.25) is 0 Å². The van der Waals surface area contributed by atoms with Gasteiger partial charge in [-0.15, -0.1) is 0 Å². The lowest BCUT2D eigenvalue weighted by molar-refractivity contribution is -0.138. The van der Waals surface area contributed by atoms with E-state index in [0.29, 0.717) is 11.4 Å². The summed E-state index contributed by atoms with van der Waals surface area (Å²) in [5, 5.41) is 34.0. The SMILES string of the molecule is CCC(C(=O)N[C@H]1COc2ccccc2N(C(C)C)C1=O)[C@H](O)[C@@H](O)[C@H](O)/C=C/C(C)(C)C. The standard InChI is InChI=1S/C25H38N2O6/c1-7-16(21(29)22(30)19(28)12-13-25(4,5)6)23(31)26-17-14-33-20-11-9-8-10-18(20)27(15(2)3)24(17)32/h8-13,15-17,19,21-22,28-30H,7,14H2,1-6H3,(H,26,31)/b13-12+/t16?,17-,19+,21-,22-/m0/s1. The summed E-state index contributed by atoms with van der Waals surface area (Å²) in [6, 6.07) is 6.05. The van der Waals surface area contributed by atoms with Gasteiger partial charge in [0, 0.05) is 6.04 Å². The number of fused-ring (bicyclic) bond motifs is 1. The minimum atomic E-state index is -1.56. The van der Waals surface area contributed by atoms with Gasteiger partial charge in [-0.25, -0.2) is 0 Å². The Balaban J connectivity index is 2.16. The molecule has 1 unspecified atom stereocenters. The molecule has 184 valence electrons. The fourth-order valence-electron chi connectivity index (χ4n) is 3.75. The number of aliphatic hydroxyl groups excluding tert-OH is 3. The summed E-state index contributed by atoms with van der Waals surface area (Å²) >= 11 is 0. The molecule has 1 aromatic rings. The number of para-hydroxylation sites is 2. The van der Waals surface area contributed by atoms with Crippen molar-refractivity contribution in [2.24, 2.45) is 11.3 Å². The van der Waals surface area contributed by atoms with E-state index >= 15 is 0 Å². The molecule has 0 aromatic heterocycles. The van der Waals surface area contributed by atoms with E-state index in [0.717, 1.165) is 0 Å². The molecule has 2 amide bonds. The number of ether oxygens (including phenoxy) is 1. The van der Waals surface area contributed by atoms with Crippen molar-refractivity contribution >= 4 is 17.5 Å². The molecule has 8 nitrogen and oxygen atoms in total. The second kappa shape index (κ2) is 11.1. The van der Waals surface area contributed by atoms with Gasteiger partial charge in [0.1, 0.15) is 30.6 Å². The molecular formula is C25H38N2O6. The highest BCUT2D eigenvalue weighted by atomic mass is 16.5. The van der Waals surface area contributed by atoms with E-state index in [1.807, 2.05) is 46.8 Å². The molecule has 4 N–H and O–H groups in total. The first-order chi connectivity index (χ1) is 15.4. The van der Waals surface area contributed by atoms with Crippen LogP contribution in [0.25, 0.3) is 0 Å². The topological polar surface area (TPSA) is 119 Å². The Labute approximate surface area is 196 Å². The molecule has 1 aliphatic rings. The van der Waals surface area contributed by atoms with Gasteiger partial charge in [-0.1, -0.05) is 52.0 Å². The third-order valence-corrected chi connectivity index (χ3v) is 5.58. The number of carbonyl (C=O) groups excluding carboxylic acids is 2. The van der Waals surface area contributed by atoms with Gasteiger partial charge in [0.15, 0.2) is 0 Å². The zero-order valence-electron chi connectivity index (χ0n) is 20.4. The van der Waals surface area contributed by atoms with Gasteiger partial charge < -0.3 is 30.3 Å². The monoisotopic (exact) mass is 462 g/mol. The lowest BCUT2D eigenvalue weighted by Crippen LogP contribution is -2.55. The molecule has 8 heteroatoms. The van der Waals surface area contributed by atoms with Crippen LogP contribution in [0.1, 0.15) is 48.0 Å². The number of aliphatic hydroxyl groups is 3. The van der Waals surface area contributed by atoms with Crippen molar-refractivity contribution in [3.8, 4) is 5.75 Å². The summed E-state index contributed by atoms with van der Waals surface area (Å²) in [6.45, 7) is 11.2. The lowest BCUT2D eigenvalue weighted by atomic mass is 9.89. The van der Waals surface area contributed by atoms with Crippen LogP contribution in [-0.4, -0.2) is 64.1 Å². The first-order valence-corrected chi connectivity index (χ1v) is 11.5. The first-order valence-electron chi connectivity index (χ1n) is 11.5. The van der Waals surface area contributed by atoms with Crippen molar-refractivity contribution in [1.82, 2.24) is 5.32 Å². The quantitative estimate of drug-likeness (QED) is 0.439. The van der Waals surface area contributed by atoms with Crippen molar-refractivity contribution in [2.75, 3.05) is 11.5 Å². The van der Waals surface area contributed by atoms with Gasteiger partial charge in [-0.05, 0) is 37.8 Å². The van der Waals surface area contributed by atoms with E-state index in [9.17, 15) is 24.9 Å². The highest BCUT2D eigenvalue weighted by molar-refractivity contribution is 6.01. The molecule has 0 saturated carbocycles. The fourth-order valence-corrected chi connectivity index (χ4v) is 3.75. The number of hydrogen-bond donors (Lipinski definition) is 4. The molecule has 0 spiro atoms. The average molecular weight is 463 g/mol. The van der Waals surface area contributed by atoms with Crippen LogP contribution >= 0.6 is 0 Å². The summed E-state index contributed by atoms with van der Waals surface area (Å²) in [5.41, 5.74) is 0.415. The number of carbonyl (C=O) groups is 2. The smallest absolute Gasteiger partial charge is 0.253 e. The molecule has 0 bridgehead atoms. The Morgan fingerprint density at radius 3 is 2.42 bits per heavy atom. The summed E-state index contributed by atoms with van der Waals surface area (Å²) in [4.78, 5) is 27.9. The van der Waals surface area contributed by atoms with Gasteiger partial charge in [0.25, 0.3) is 5.91 Å². The normalized spacial score (nSPS) is 20.6. The maximum Gasteiger partial charge on any atom is 0.253 e.